The van der Waals surface area contributed by atoms with Crippen LogP contribution in [0.5, 0.6) is 0 Å². The molecule has 5 heteroatoms. The molecular weight excluding hydrogens is 332 g/mol. The summed E-state index contributed by atoms with van der Waals surface area (Å²) in [5.74, 6) is 0. The highest BCUT2D eigenvalue weighted by molar-refractivity contribution is 6.31. The number of benzene rings is 2. The number of nitrogens with one attached hydrogen (secondary N) is 2. The van der Waals surface area contributed by atoms with E-state index in [2.05, 4.69) is 45.6 Å². The molecule has 1 aliphatic rings. The first kappa shape index (κ1) is 16.2. The van der Waals surface area contributed by atoms with Crippen LogP contribution in [-0.4, -0.2) is 23.1 Å². The van der Waals surface area contributed by atoms with Gasteiger partial charge in [0, 0.05) is 40.2 Å². The van der Waals surface area contributed by atoms with Gasteiger partial charge in [0.15, 0.2) is 0 Å². The van der Waals surface area contributed by atoms with E-state index in [0.717, 1.165) is 42.0 Å². The fraction of sp³-hybridized carbons (Fsp3) is 0.250. The van der Waals surface area contributed by atoms with Gasteiger partial charge in [-0.2, -0.15) is 0 Å². The van der Waals surface area contributed by atoms with E-state index in [1.165, 1.54) is 17.7 Å². The number of rotatable bonds is 4. The van der Waals surface area contributed by atoms with E-state index in [0.29, 0.717) is 5.02 Å². The van der Waals surface area contributed by atoms with Crippen LogP contribution in [0.2, 0.25) is 5.02 Å². The first-order valence-electron chi connectivity index (χ1n) is 8.63. The highest BCUT2D eigenvalue weighted by atomic mass is 35.5. The van der Waals surface area contributed by atoms with Crippen LogP contribution in [-0.2, 0) is 6.54 Å². The summed E-state index contributed by atoms with van der Waals surface area (Å²) >= 11 is 6.07. The maximum absolute atomic E-state index is 6.07. The van der Waals surface area contributed by atoms with E-state index in [-0.39, 0.29) is 0 Å². The SMILES string of the molecule is CCCN1CNc2cc(Nc3ccnc4cc(Cl)ccc34)ccc2C1. The summed E-state index contributed by atoms with van der Waals surface area (Å²) in [7, 11) is 0. The van der Waals surface area contributed by atoms with Crippen molar-refractivity contribution in [1.29, 1.82) is 0 Å². The van der Waals surface area contributed by atoms with Crippen molar-refractivity contribution in [2.45, 2.75) is 19.9 Å². The van der Waals surface area contributed by atoms with Gasteiger partial charge in [0.1, 0.15) is 0 Å². The molecule has 2 N–H and O–H groups in total. The Morgan fingerprint density at radius 2 is 2.12 bits per heavy atom. The Bertz CT molecular complexity index is 909. The molecule has 2 heterocycles. The lowest BCUT2D eigenvalue weighted by Crippen LogP contribution is -2.34. The zero-order valence-electron chi connectivity index (χ0n) is 14.2. The molecule has 1 aliphatic heterocycles. The molecule has 0 atom stereocenters. The summed E-state index contributed by atoms with van der Waals surface area (Å²) in [5.41, 5.74) is 5.54. The van der Waals surface area contributed by atoms with Crippen molar-refractivity contribution < 1.29 is 0 Å². The third-order valence-electron chi connectivity index (χ3n) is 4.52. The quantitative estimate of drug-likeness (QED) is 0.674. The predicted molar refractivity (Wildman–Crippen MR) is 106 cm³/mol. The lowest BCUT2D eigenvalue weighted by Gasteiger charge is -2.30. The molecule has 0 saturated carbocycles. The van der Waals surface area contributed by atoms with E-state index < -0.39 is 0 Å². The van der Waals surface area contributed by atoms with Crippen molar-refractivity contribution in [2.24, 2.45) is 0 Å². The van der Waals surface area contributed by atoms with Gasteiger partial charge in [-0.1, -0.05) is 24.6 Å². The normalized spacial score (nSPS) is 14.2. The molecule has 0 saturated heterocycles. The third-order valence-corrected chi connectivity index (χ3v) is 4.76. The summed E-state index contributed by atoms with van der Waals surface area (Å²) in [6.45, 7) is 5.25. The largest absolute Gasteiger partial charge is 0.372 e. The van der Waals surface area contributed by atoms with Crippen molar-refractivity contribution in [3.8, 4) is 0 Å². The molecule has 1 aromatic heterocycles. The van der Waals surface area contributed by atoms with Crippen molar-refractivity contribution in [2.75, 3.05) is 23.8 Å². The maximum Gasteiger partial charge on any atom is 0.0737 e. The van der Waals surface area contributed by atoms with Crippen LogP contribution in [0.3, 0.4) is 0 Å². The minimum atomic E-state index is 0.701. The summed E-state index contributed by atoms with van der Waals surface area (Å²) in [4.78, 5) is 6.82. The molecular formula is C20H21ClN4. The minimum absolute atomic E-state index is 0.701. The van der Waals surface area contributed by atoms with Gasteiger partial charge in [0.25, 0.3) is 0 Å². The molecule has 4 rings (SSSR count). The number of hydrogen-bond acceptors (Lipinski definition) is 4. The van der Waals surface area contributed by atoms with Gasteiger partial charge in [0.05, 0.1) is 12.2 Å². The van der Waals surface area contributed by atoms with Crippen LogP contribution in [0.4, 0.5) is 17.1 Å². The highest BCUT2D eigenvalue weighted by Crippen LogP contribution is 2.30. The minimum Gasteiger partial charge on any atom is -0.372 e. The van der Waals surface area contributed by atoms with Crippen molar-refractivity contribution >= 4 is 39.6 Å². The lowest BCUT2D eigenvalue weighted by atomic mass is 10.1. The number of aromatic nitrogens is 1. The summed E-state index contributed by atoms with van der Waals surface area (Å²) < 4.78 is 0. The Labute approximate surface area is 152 Å². The van der Waals surface area contributed by atoms with Gasteiger partial charge in [0.2, 0.25) is 0 Å². The average molecular weight is 353 g/mol. The molecule has 0 amide bonds. The molecule has 0 spiro atoms. The van der Waals surface area contributed by atoms with Crippen LogP contribution >= 0.6 is 11.6 Å². The van der Waals surface area contributed by atoms with E-state index in [1.54, 1.807) is 6.20 Å². The van der Waals surface area contributed by atoms with Crippen molar-refractivity contribution in [1.82, 2.24) is 9.88 Å². The molecule has 0 unspecified atom stereocenters. The lowest BCUT2D eigenvalue weighted by molar-refractivity contribution is 0.276. The van der Waals surface area contributed by atoms with Crippen LogP contribution < -0.4 is 10.6 Å². The number of fused-ring (bicyclic) bond motifs is 2. The number of halogens is 1. The molecule has 2 aromatic carbocycles. The summed E-state index contributed by atoms with van der Waals surface area (Å²) in [6, 6.07) is 14.3. The maximum atomic E-state index is 6.07. The fourth-order valence-electron chi connectivity index (χ4n) is 3.31. The first-order valence-corrected chi connectivity index (χ1v) is 9.01. The Hall–Kier alpha value is -2.30. The molecule has 0 aliphatic carbocycles. The Kier molecular flexibility index (Phi) is 4.47. The molecule has 3 aromatic rings. The number of pyridine rings is 1. The van der Waals surface area contributed by atoms with Gasteiger partial charge >= 0.3 is 0 Å². The standard InChI is InChI=1S/C20H21ClN4/c1-2-9-25-12-14-3-5-16(11-19(14)23-13-25)24-18-7-8-22-20-10-15(21)4-6-17(18)20/h3-8,10-11,23H,2,9,12-13H2,1H3,(H,22,24). The number of anilines is 3. The van der Waals surface area contributed by atoms with Gasteiger partial charge < -0.3 is 10.6 Å². The average Bonchev–Trinajstić information content (AvgIpc) is 2.62. The molecule has 0 fully saturated rings. The summed E-state index contributed by atoms with van der Waals surface area (Å²) in [6.07, 6.45) is 2.98. The smallest absolute Gasteiger partial charge is 0.0737 e. The van der Waals surface area contributed by atoms with E-state index >= 15 is 0 Å². The first-order chi connectivity index (χ1) is 12.2. The monoisotopic (exact) mass is 352 g/mol. The second-order valence-electron chi connectivity index (χ2n) is 6.40. The molecule has 0 radical (unpaired) electrons. The highest BCUT2D eigenvalue weighted by Gasteiger charge is 2.15. The zero-order chi connectivity index (χ0) is 17.2. The Morgan fingerprint density at radius 1 is 1.20 bits per heavy atom. The zero-order valence-corrected chi connectivity index (χ0v) is 15.0. The Balaban J connectivity index is 1.60. The van der Waals surface area contributed by atoms with Gasteiger partial charge in [-0.05, 0) is 54.9 Å². The van der Waals surface area contributed by atoms with Crippen molar-refractivity contribution in [3.05, 3.63) is 59.2 Å². The second-order valence-corrected chi connectivity index (χ2v) is 6.84. The molecule has 0 bridgehead atoms. The topological polar surface area (TPSA) is 40.2 Å². The van der Waals surface area contributed by atoms with Gasteiger partial charge in [-0.25, -0.2) is 0 Å². The van der Waals surface area contributed by atoms with Crippen molar-refractivity contribution in [3.63, 3.8) is 0 Å². The van der Waals surface area contributed by atoms with E-state index in [1.807, 2.05) is 24.3 Å². The van der Waals surface area contributed by atoms with Crippen LogP contribution in [0, 0.1) is 0 Å². The summed E-state index contributed by atoms with van der Waals surface area (Å²) in [5, 5.41) is 8.80. The Morgan fingerprint density at radius 3 is 3.00 bits per heavy atom. The number of hydrogen-bond donors (Lipinski definition) is 2. The third kappa shape index (κ3) is 3.41. The van der Waals surface area contributed by atoms with Crippen LogP contribution in [0.25, 0.3) is 10.9 Å². The van der Waals surface area contributed by atoms with Gasteiger partial charge in [-0.15, -0.1) is 0 Å². The van der Waals surface area contributed by atoms with Crippen LogP contribution in [0.15, 0.2) is 48.7 Å². The number of nitrogens with zero attached hydrogens (tertiary/aromatic N) is 2. The van der Waals surface area contributed by atoms with Gasteiger partial charge in [-0.3, -0.25) is 9.88 Å². The molecule has 4 nitrogen and oxygen atoms in total. The predicted octanol–water partition coefficient (Wildman–Crippen LogP) is 5.23. The molecule has 128 valence electrons. The van der Waals surface area contributed by atoms with E-state index in [9.17, 15) is 0 Å². The molecule has 25 heavy (non-hydrogen) atoms. The fourth-order valence-corrected chi connectivity index (χ4v) is 3.48. The second kappa shape index (κ2) is 6.90. The van der Waals surface area contributed by atoms with Crippen LogP contribution in [0.1, 0.15) is 18.9 Å². The van der Waals surface area contributed by atoms with E-state index in [4.69, 9.17) is 11.6 Å².